The van der Waals surface area contributed by atoms with Crippen LogP contribution in [0.25, 0.3) is 0 Å². The Hall–Kier alpha value is -0.350. The van der Waals surface area contributed by atoms with Crippen LogP contribution >= 0.6 is 15.9 Å². The van der Waals surface area contributed by atoms with Gasteiger partial charge in [0.25, 0.3) is 0 Å². The van der Waals surface area contributed by atoms with Crippen LogP contribution in [0.15, 0.2) is 16.9 Å². The Balaban J connectivity index is 2.66. The fourth-order valence-electron chi connectivity index (χ4n) is 1.09. The quantitative estimate of drug-likeness (QED) is 0.797. The Bertz CT molecular complexity index is 237. The van der Waals surface area contributed by atoms with Crippen molar-refractivity contribution in [2.75, 3.05) is 13.7 Å². The van der Waals surface area contributed by atoms with Crippen molar-refractivity contribution in [2.24, 2.45) is 0 Å². The zero-order chi connectivity index (χ0) is 8.97. The molecule has 0 aliphatic carbocycles. The Morgan fingerprint density at radius 2 is 2.50 bits per heavy atom. The molecule has 0 aromatic carbocycles. The highest BCUT2D eigenvalue weighted by Gasteiger charge is 2.08. The molecule has 0 amide bonds. The lowest BCUT2D eigenvalue weighted by Gasteiger charge is -2.13. The highest BCUT2D eigenvalue weighted by Crippen LogP contribution is 2.14. The van der Waals surface area contributed by atoms with Crippen LogP contribution in [0, 0.1) is 0 Å². The first-order valence-corrected chi connectivity index (χ1v) is 4.75. The van der Waals surface area contributed by atoms with Crippen LogP contribution in [0.2, 0.25) is 0 Å². The lowest BCUT2D eigenvalue weighted by Crippen LogP contribution is -2.13. The molecule has 4 heteroatoms. The Kier molecular flexibility index (Phi) is 3.75. The SMILES string of the molecule is CCC(COC)n1cc(Br)cn1. The van der Waals surface area contributed by atoms with Gasteiger partial charge in [-0.25, -0.2) is 0 Å². The number of hydrogen-bond donors (Lipinski definition) is 0. The molecule has 0 spiro atoms. The molecular weight excluding hydrogens is 220 g/mol. The Labute approximate surface area is 80.8 Å². The van der Waals surface area contributed by atoms with Crippen molar-refractivity contribution in [3.8, 4) is 0 Å². The van der Waals surface area contributed by atoms with E-state index >= 15 is 0 Å². The van der Waals surface area contributed by atoms with Crippen molar-refractivity contribution in [3.63, 3.8) is 0 Å². The van der Waals surface area contributed by atoms with Gasteiger partial charge in [0.2, 0.25) is 0 Å². The van der Waals surface area contributed by atoms with E-state index in [4.69, 9.17) is 4.74 Å². The molecule has 68 valence electrons. The molecule has 0 bridgehead atoms. The molecule has 1 unspecified atom stereocenters. The van der Waals surface area contributed by atoms with Gasteiger partial charge in [0.15, 0.2) is 0 Å². The Morgan fingerprint density at radius 1 is 1.75 bits per heavy atom. The Morgan fingerprint density at radius 3 is 2.92 bits per heavy atom. The normalized spacial score (nSPS) is 13.2. The third-order valence-corrected chi connectivity index (χ3v) is 2.18. The van der Waals surface area contributed by atoms with E-state index in [1.54, 1.807) is 13.3 Å². The summed E-state index contributed by atoms with van der Waals surface area (Å²) in [7, 11) is 1.71. The monoisotopic (exact) mass is 232 g/mol. The fraction of sp³-hybridized carbons (Fsp3) is 0.625. The van der Waals surface area contributed by atoms with Crippen LogP contribution < -0.4 is 0 Å². The summed E-state index contributed by atoms with van der Waals surface area (Å²) >= 11 is 3.36. The summed E-state index contributed by atoms with van der Waals surface area (Å²) in [5, 5.41) is 4.20. The van der Waals surface area contributed by atoms with Crippen LogP contribution in [0.1, 0.15) is 19.4 Å². The molecule has 12 heavy (non-hydrogen) atoms. The highest BCUT2D eigenvalue weighted by atomic mass is 79.9. The molecular formula is C8H13BrN2O. The minimum Gasteiger partial charge on any atom is -0.382 e. The molecule has 0 aliphatic rings. The van der Waals surface area contributed by atoms with Gasteiger partial charge >= 0.3 is 0 Å². The van der Waals surface area contributed by atoms with Gasteiger partial charge in [-0.2, -0.15) is 5.10 Å². The van der Waals surface area contributed by atoms with Crippen LogP contribution in [0.3, 0.4) is 0 Å². The van der Waals surface area contributed by atoms with Crippen molar-refractivity contribution in [1.29, 1.82) is 0 Å². The molecule has 0 fully saturated rings. The first kappa shape index (κ1) is 9.74. The molecule has 1 atom stereocenters. The van der Waals surface area contributed by atoms with Crippen LogP contribution in [-0.2, 0) is 4.74 Å². The van der Waals surface area contributed by atoms with Gasteiger partial charge in [-0.05, 0) is 22.4 Å². The molecule has 0 radical (unpaired) electrons. The van der Waals surface area contributed by atoms with E-state index < -0.39 is 0 Å². The predicted molar refractivity (Wildman–Crippen MR) is 51.1 cm³/mol. The number of rotatable bonds is 4. The number of nitrogens with zero attached hydrogens (tertiary/aromatic N) is 2. The maximum absolute atomic E-state index is 5.08. The number of aromatic nitrogens is 2. The van der Waals surface area contributed by atoms with E-state index in [1.165, 1.54) is 0 Å². The molecule has 0 aliphatic heterocycles. The van der Waals surface area contributed by atoms with E-state index in [0.717, 1.165) is 10.9 Å². The third kappa shape index (κ3) is 2.32. The summed E-state index contributed by atoms with van der Waals surface area (Å²) in [6.45, 7) is 2.84. The summed E-state index contributed by atoms with van der Waals surface area (Å²) < 4.78 is 8.02. The molecule has 0 N–H and O–H groups in total. The van der Waals surface area contributed by atoms with E-state index in [0.29, 0.717) is 12.6 Å². The second-order valence-electron chi connectivity index (χ2n) is 2.66. The van der Waals surface area contributed by atoms with E-state index in [-0.39, 0.29) is 0 Å². The van der Waals surface area contributed by atoms with E-state index in [1.807, 2.05) is 10.9 Å². The molecule has 1 aromatic rings. The van der Waals surface area contributed by atoms with Gasteiger partial charge in [0.05, 0.1) is 23.3 Å². The van der Waals surface area contributed by atoms with Gasteiger partial charge in [0, 0.05) is 13.3 Å². The van der Waals surface area contributed by atoms with Gasteiger partial charge in [-0.15, -0.1) is 0 Å². The summed E-state index contributed by atoms with van der Waals surface area (Å²) in [5.74, 6) is 0. The lowest BCUT2D eigenvalue weighted by atomic mass is 10.2. The van der Waals surface area contributed by atoms with Gasteiger partial charge < -0.3 is 4.74 Å². The van der Waals surface area contributed by atoms with E-state index in [2.05, 4.69) is 28.0 Å². The first-order valence-electron chi connectivity index (χ1n) is 3.96. The number of hydrogen-bond acceptors (Lipinski definition) is 2. The molecule has 3 nitrogen and oxygen atoms in total. The number of halogens is 1. The zero-order valence-electron chi connectivity index (χ0n) is 7.33. The van der Waals surface area contributed by atoms with Gasteiger partial charge in [-0.3, -0.25) is 4.68 Å². The zero-order valence-corrected chi connectivity index (χ0v) is 8.91. The molecule has 0 saturated carbocycles. The smallest absolute Gasteiger partial charge is 0.0750 e. The third-order valence-electron chi connectivity index (χ3n) is 1.77. The minimum absolute atomic E-state index is 0.348. The number of ether oxygens (including phenoxy) is 1. The van der Waals surface area contributed by atoms with Crippen molar-refractivity contribution in [1.82, 2.24) is 9.78 Å². The van der Waals surface area contributed by atoms with Crippen molar-refractivity contribution in [3.05, 3.63) is 16.9 Å². The number of methoxy groups -OCH3 is 1. The maximum Gasteiger partial charge on any atom is 0.0750 e. The highest BCUT2D eigenvalue weighted by molar-refractivity contribution is 9.10. The van der Waals surface area contributed by atoms with Gasteiger partial charge in [0.1, 0.15) is 0 Å². The summed E-state index contributed by atoms with van der Waals surface area (Å²) in [5.41, 5.74) is 0. The lowest BCUT2D eigenvalue weighted by molar-refractivity contribution is 0.147. The largest absolute Gasteiger partial charge is 0.382 e. The second-order valence-corrected chi connectivity index (χ2v) is 3.57. The predicted octanol–water partition coefficient (Wildman–Crippen LogP) is 2.24. The van der Waals surface area contributed by atoms with Crippen LogP contribution in [0.5, 0.6) is 0 Å². The van der Waals surface area contributed by atoms with Gasteiger partial charge in [-0.1, -0.05) is 6.92 Å². The average Bonchev–Trinajstić information content (AvgIpc) is 2.47. The standard InChI is InChI=1S/C8H13BrN2O/c1-3-8(6-12-2)11-5-7(9)4-10-11/h4-5,8H,3,6H2,1-2H3. The molecule has 1 aromatic heterocycles. The maximum atomic E-state index is 5.08. The average molecular weight is 233 g/mol. The van der Waals surface area contributed by atoms with Crippen molar-refractivity contribution < 1.29 is 4.74 Å². The summed E-state index contributed by atoms with van der Waals surface area (Å²) in [6.07, 6.45) is 4.79. The molecule has 1 rings (SSSR count). The topological polar surface area (TPSA) is 27.1 Å². The van der Waals surface area contributed by atoms with E-state index in [9.17, 15) is 0 Å². The summed E-state index contributed by atoms with van der Waals surface area (Å²) in [4.78, 5) is 0. The molecule has 1 heterocycles. The van der Waals surface area contributed by atoms with Crippen molar-refractivity contribution in [2.45, 2.75) is 19.4 Å². The van der Waals surface area contributed by atoms with Crippen LogP contribution in [0.4, 0.5) is 0 Å². The molecule has 0 saturated heterocycles. The van der Waals surface area contributed by atoms with Crippen LogP contribution in [-0.4, -0.2) is 23.5 Å². The summed E-state index contributed by atoms with van der Waals surface area (Å²) in [6, 6.07) is 0.348. The second kappa shape index (κ2) is 4.62. The first-order chi connectivity index (χ1) is 5.77. The minimum atomic E-state index is 0.348. The van der Waals surface area contributed by atoms with Crippen molar-refractivity contribution >= 4 is 15.9 Å². The fourth-order valence-corrected chi connectivity index (χ4v) is 1.39.